The highest BCUT2D eigenvalue weighted by Gasteiger charge is 2.31. The lowest BCUT2D eigenvalue weighted by Crippen LogP contribution is -2.51. The van der Waals surface area contributed by atoms with Crippen LogP contribution in [-0.2, 0) is 28.7 Å². The average molecular weight is 744 g/mol. The van der Waals surface area contributed by atoms with Crippen LogP contribution in [0.15, 0.2) is 41.3 Å². The zero-order valence-electron chi connectivity index (χ0n) is 29.4. The molecule has 6 rings (SSSR count). The van der Waals surface area contributed by atoms with Gasteiger partial charge < -0.3 is 34.5 Å². The molecule has 1 amide bonds. The van der Waals surface area contributed by atoms with Gasteiger partial charge in [-0.1, -0.05) is 24.6 Å². The molecule has 13 nitrogen and oxygen atoms in total. The van der Waals surface area contributed by atoms with E-state index in [9.17, 15) is 27.6 Å². The van der Waals surface area contributed by atoms with Crippen molar-refractivity contribution in [1.82, 2.24) is 29.0 Å². The van der Waals surface area contributed by atoms with Gasteiger partial charge in [-0.2, -0.15) is 22.7 Å². The van der Waals surface area contributed by atoms with E-state index in [0.29, 0.717) is 87.4 Å². The molecule has 1 aromatic carbocycles. The second kappa shape index (κ2) is 16.6. The topological polar surface area (TPSA) is 139 Å². The monoisotopic (exact) mass is 743 g/mol. The van der Waals surface area contributed by atoms with Crippen LogP contribution in [0, 0.1) is 6.92 Å². The van der Waals surface area contributed by atoms with Crippen molar-refractivity contribution in [2.24, 2.45) is 0 Å². The number of halogens is 4. The molecule has 3 aromatic heterocycles. The van der Waals surface area contributed by atoms with Crippen molar-refractivity contribution in [3.05, 3.63) is 80.3 Å². The summed E-state index contributed by atoms with van der Waals surface area (Å²) in [5.74, 6) is 0.696. The van der Waals surface area contributed by atoms with Crippen molar-refractivity contribution in [2.45, 2.75) is 46.3 Å². The molecule has 2 aliphatic heterocycles. The number of pyridine rings is 1. The number of anilines is 3. The Morgan fingerprint density at radius 1 is 1.13 bits per heavy atom. The van der Waals surface area contributed by atoms with Crippen molar-refractivity contribution in [3.8, 4) is 0 Å². The molecule has 1 fully saturated rings. The number of fused-ring (bicyclic) bond motifs is 1. The number of hydrogen-bond donors (Lipinski definition) is 2. The summed E-state index contributed by atoms with van der Waals surface area (Å²) in [6.07, 6.45) is 1.24. The van der Waals surface area contributed by atoms with Crippen LogP contribution in [0.2, 0.25) is 5.02 Å². The largest absolute Gasteiger partial charge is 0.416 e. The van der Waals surface area contributed by atoms with Gasteiger partial charge in [0.2, 0.25) is 5.78 Å². The Labute approximate surface area is 303 Å². The number of amides is 1. The quantitative estimate of drug-likeness (QED) is 0.227. The van der Waals surface area contributed by atoms with Crippen LogP contribution in [0.5, 0.6) is 0 Å². The summed E-state index contributed by atoms with van der Waals surface area (Å²) < 4.78 is 44.9. The van der Waals surface area contributed by atoms with Gasteiger partial charge in [0, 0.05) is 46.0 Å². The number of aromatic nitrogens is 5. The van der Waals surface area contributed by atoms with Crippen LogP contribution in [0.3, 0.4) is 0 Å². The van der Waals surface area contributed by atoms with Crippen molar-refractivity contribution in [3.63, 3.8) is 0 Å². The Kier molecular flexibility index (Phi) is 12.2. The summed E-state index contributed by atoms with van der Waals surface area (Å²) in [5, 5.41) is 10.6. The molecule has 0 atom stereocenters. The number of nitrogens with one attached hydrogen (secondary N) is 2. The maximum absolute atomic E-state index is 13.8. The fourth-order valence-corrected chi connectivity index (χ4v) is 6.47. The molecular formula is C35H41ClF3N9O4. The van der Waals surface area contributed by atoms with Gasteiger partial charge in [0.15, 0.2) is 11.5 Å². The summed E-state index contributed by atoms with van der Waals surface area (Å²) in [4.78, 5) is 51.7. The number of alkyl halides is 3. The first-order chi connectivity index (χ1) is 24.9. The molecule has 0 unspecified atom stereocenters. The molecule has 0 bridgehead atoms. The van der Waals surface area contributed by atoms with E-state index in [2.05, 4.69) is 25.7 Å². The number of aryl methyl sites for hydroxylation is 1. The lowest BCUT2D eigenvalue weighted by molar-refractivity contribution is -0.137. The van der Waals surface area contributed by atoms with E-state index in [0.717, 1.165) is 40.9 Å². The van der Waals surface area contributed by atoms with Crippen LogP contribution < -0.4 is 21.1 Å². The predicted molar refractivity (Wildman–Crippen MR) is 193 cm³/mol. The highest BCUT2D eigenvalue weighted by Crippen LogP contribution is 2.33. The highest BCUT2D eigenvalue weighted by molar-refractivity contribution is 6.33. The molecule has 0 aliphatic carbocycles. The second-order valence-corrected chi connectivity index (χ2v) is 12.4. The summed E-state index contributed by atoms with van der Waals surface area (Å²) in [6, 6.07) is 5.06. The number of carbonyl (C=O) groups excluding carboxylic acids is 2. The van der Waals surface area contributed by atoms with Crippen LogP contribution >= 0.6 is 11.6 Å². The maximum Gasteiger partial charge on any atom is 0.416 e. The van der Waals surface area contributed by atoms with Gasteiger partial charge in [0.25, 0.3) is 11.5 Å². The second-order valence-electron chi connectivity index (χ2n) is 12.0. The zero-order valence-corrected chi connectivity index (χ0v) is 30.1. The van der Waals surface area contributed by atoms with Gasteiger partial charge in [-0.3, -0.25) is 9.59 Å². The number of piperazine rings is 1. The van der Waals surface area contributed by atoms with Gasteiger partial charge in [-0.15, -0.1) is 5.10 Å². The van der Waals surface area contributed by atoms with Crippen molar-refractivity contribution < 1.29 is 27.5 Å². The van der Waals surface area contributed by atoms with Gasteiger partial charge in [0.1, 0.15) is 12.0 Å². The Balaban J connectivity index is 0.000000340. The van der Waals surface area contributed by atoms with Crippen LogP contribution in [0.1, 0.15) is 53.4 Å². The minimum atomic E-state index is -4.34. The maximum atomic E-state index is 13.8. The molecule has 0 saturated carbocycles. The number of nitrogens with zero attached hydrogens (tertiary/aromatic N) is 7. The van der Waals surface area contributed by atoms with E-state index in [1.54, 1.807) is 22.7 Å². The van der Waals surface area contributed by atoms with E-state index >= 15 is 0 Å². The summed E-state index contributed by atoms with van der Waals surface area (Å²) in [7, 11) is 1.59. The van der Waals surface area contributed by atoms with Crippen LogP contribution in [0.25, 0.3) is 11.4 Å². The van der Waals surface area contributed by atoms with E-state index < -0.39 is 11.7 Å². The molecule has 1 saturated heterocycles. The van der Waals surface area contributed by atoms with Crippen LogP contribution in [0.4, 0.5) is 30.2 Å². The van der Waals surface area contributed by atoms with Crippen LogP contribution in [-0.4, -0.2) is 94.2 Å². The summed E-state index contributed by atoms with van der Waals surface area (Å²) in [6.45, 7) is 9.49. The molecule has 0 radical (unpaired) electrons. The lowest BCUT2D eigenvalue weighted by Gasteiger charge is -2.36. The number of benzene rings is 1. The minimum absolute atomic E-state index is 0.0604. The highest BCUT2D eigenvalue weighted by atomic mass is 35.5. The number of ether oxygens (including phenoxy) is 1. The smallest absolute Gasteiger partial charge is 0.387 e. The molecule has 0 spiro atoms. The molecule has 4 aromatic rings. The van der Waals surface area contributed by atoms with Gasteiger partial charge in [0.05, 0.1) is 47.4 Å². The molecule has 17 heteroatoms. The van der Waals surface area contributed by atoms with Gasteiger partial charge in [-0.25, -0.2) is 4.98 Å². The fraction of sp³-hybridized carbons (Fsp3) is 0.429. The SMILES string of the molecule is CCNc1c(C)ccnc1C(=O)N1CCN(c2c(CC)n(CC=O)c3nc(C4=CCOCC4)nn3c2=O)CC1.CNc1ccc(C(F)(F)F)cc1Cl. The third-order valence-corrected chi connectivity index (χ3v) is 9.15. The summed E-state index contributed by atoms with van der Waals surface area (Å²) in [5.41, 5.74) is 3.75. The number of rotatable bonds is 9. The molecular weight excluding hydrogens is 703 g/mol. The number of aldehydes is 1. The Morgan fingerprint density at radius 3 is 2.48 bits per heavy atom. The number of hydrogen-bond acceptors (Lipinski definition) is 10. The molecule has 52 heavy (non-hydrogen) atoms. The first-order valence-corrected chi connectivity index (χ1v) is 17.3. The van der Waals surface area contributed by atoms with Crippen molar-refractivity contribution >= 4 is 52.2 Å². The van der Waals surface area contributed by atoms with E-state index in [1.165, 1.54) is 10.6 Å². The standard InChI is InChI=1S/C27H34N8O4.C8H7ClF3N/c1-4-20-23(26(38)35-27(34(20)14-15-36)30-24(31-35)19-7-16-39-17-8-19)32-10-12-33(13-11-32)25(37)22-21(28-5-2)18(3)6-9-29-22;1-13-7-3-2-5(4-6(7)9)8(10,11)12/h6-7,9,15,28H,4-5,8,10-14,16-17H2,1-3H3;2-4,13H,1H3. The van der Waals surface area contributed by atoms with E-state index in [-0.39, 0.29) is 23.0 Å². The zero-order chi connectivity index (χ0) is 37.6. The normalized spacial score (nSPS) is 14.8. The lowest BCUT2D eigenvalue weighted by atomic mass is 10.1. The molecule has 5 heterocycles. The molecule has 2 N–H and O–H groups in total. The average Bonchev–Trinajstić information content (AvgIpc) is 3.60. The third-order valence-electron chi connectivity index (χ3n) is 8.83. The first kappa shape index (κ1) is 38.3. The Bertz CT molecular complexity index is 2020. The Morgan fingerprint density at radius 2 is 1.88 bits per heavy atom. The van der Waals surface area contributed by atoms with E-state index in [1.807, 2.05) is 37.8 Å². The minimum Gasteiger partial charge on any atom is -0.387 e. The molecule has 278 valence electrons. The van der Waals surface area contributed by atoms with E-state index in [4.69, 9.17) is 16.3 Å². The van der Waals surface area contributed by atoms with Gasteiger partial charge in [-0.05, 0) is 62.1 Å². The first-order valence-electron chi connectivity index (χ1n) is 16.9. The molecule has 2 aliphatic rings. The summed E-state index contributed by atoms with van der Waals surface area (Å²) >= 11 is 5.57. The van der Waals surface area contributed by atoms with Crippen molar-refractivity contribution in [1.29, 1.82) is 0 Å². The van der Waals surface area contributed by atoms with Gasteiger partial charge >= 0.3 is 6.18 Å². The van der Waals surface area contributed by atoms with Crippen molar-refractivity contribution in [2.75, 3.05) is 68.5 Å². The Hall–Kier alpha value is -4.96. The number of carbonyl (C=O) groups is 2. The fourth-order valence-electron chi connectivity index (χ4n) is 6.19. The third kappa shape index (κ3) is 8.07. The predicted octanol–water partition coefficient (Wildman–Crippen LogP) is 4.95.